The highest BCUT2D eigenvalue weighted by Crippen LogP contribution is 2.02. The van der Waals surface area contributed by atoms with Crippen LogP contribution in [0.15, 0.2) is 54.6 Å². The van der Waals surface area contributed by atoms with Crippen LogP contribution in [0.2, 0.25) is 0 Å². The Morgan fingerprint density at radius 1 is 0.737 bits per heavy atom. The van der Waals surface area contributed by atoms with Gasteiger partial charge in [-0.25, -0.2) is 0 Å². The third-order valence-corrected chi connectivity index (χ3v) is 2.23. The summed E-state index contributed by atoms with van der Waals surface area (Å²) in [4.78, 5) is 0. The van der Waals surface area contributed by atoms with Gasteiger partial charge in [0.2, 0.25) is 0 Å². The van der Waals surface area contributed by atoms with Crippen LogP contribution in [0.25, 0.3) is 0 Å². The van der Waals surface area contributed by atoms with Crippen molar-refractivity contribution in [2.75, 3.05) is 5.73 Å². The number of aryl methyl sites for hydroxylation is 2. The molecule has 102 valence electrons. The zero-order valence-electron chi connectivity index (χ0n) is 11.2. The third kappa shape index (κ3) is 11.0. The largest absolute Gasteiger partial charge is 0.631 e. The molecule has 2 rings (SSSR count). The predicted octanol–water partition coefficient (Wildman–Crippen LogP) is 1.52. The van der Waals surface area contributed by atoms with Crippen molar-refractivity contribution in [3.05, 3.63) is 65.7 Å². The predicted molar refractivity (Wildman–Crippen MR) is 79.2 cm³/mol. The molecule has 5 N–H and O–H groups in total. The molecule has 0 saturated carbocycles. The Balaban J connectivity index is 0.000000272. The molecule has 0 aliphatic heterocycles. The molecule has 0 aromatic heterocycles. The van der Waals surface area contributed by atoms with E-state index in [1.807, 2.05) is 30.3 Å². The fraction of sp³-hybridized carbons (Fsp3) is 0.143. The summed E-state index contributed by atoms with van der Waals surface area (Å²) in [5.41, 5.74) is 8.92. The second kappa shape index (κ2) is 10.1. The van der Waals surface area contributed by atoms with Gasteiger partial charge in [-0.1, -0.05) is 42.5 Å². The number of nitrogen functional groups attached to an aromatic ring is 1. The van der Waals surface area contributed by atoms with Gasteiger partial charge in [-0.3, -0.25) is 0 Å². The first kappa shape index (κ1) is 17.2. The topological polar surface area (TPSA) is 86.7 Å². The number of anilines is 1. The number of nitrogens with two attached hydrogens (primary N) is 1. The van der Waals surface area contributed by atoms with Gasteiger partial charge in [0, 0.05) is 5.69 Å². The number of benzene rings is 2. The number of hydrogen-bond acceptors (Lipinski definition) is 4. The molecule has 5 heteroatoms. The standard InChI is InChI=1S/C8H10.C6H7N.BH3O3/c1-7-5-3-4-6-8(7)2;7-6-4-2-1-3-5-6;2-1(3)4/h3-6H,1-2H3;1-5H,7H2;2-4H. The lowest BCUT2D eigenvalue weighted by Gasteiger charge is -1.93. The van der Waals surface area contributed by atoms with Gasteiger partial charge in [0.15, 0.2) is 0 Å². The average molecular weight is 261 g/mol. The van der Waals surface area contributed by atoms with Gasteiger partial charge in [-0.2, -0.15) is 0 Å². The minimum Gasteiger partial charge on any atom is -0.402 e. The number of para-hydroxylation sites is 1. The molecule has 0 aliphatic rings. The SMILES string of the molecule is Cc1ccccc1C.Nc1ccccc1.OB(O)O. The molecule has 0 fully saturated rings. The fourth-order valence-electron chi connectivity index (χ4n) is 1.12. The molecule has 2 aromatic rings. The second-order valence-corrected chi connectivity index (χ2v) is 3.84. The molecule has 0 spiro atoms. The summed E-state index contributed by atoms with van der Waals surface area (Å²) in [7, 11) is -2.17. The molecular formula is C14H20BNO3. The van der Waals surface area contributed by atoms with Crippen molar-refractivity contribution >= 4 is 13.0 Å². The van der Waals surface area contributed by atoms with Gasteiger partial charge in [0.25, 0.3) is 0 Å². The van der Waals surface area contributed by atoms with Crippen molar-refractivity contribution in [1.82, 2.24) is 0 Å². The Morgan fingerprint density at radius 3 is 1.26 bits per heavy atom. The van der Waals surface area contributed by atoms with E-state index in [1.165, 1.54) is 11.1 Å². The Bertz CT molecular complexity index is 426. The number of rotatable bonds is 0. The molecule has 0 bridgehead atoms. The van der Waals surface area contributed by atoms with Crippen LogP contribution in [0.4, 0.5) is 5.69 Å². The van der Waals surface area contributed by atoms with Crippen LogP contribution >= 0.6 is 0 Å². The van der Waals surface area contributed by atoms with Crippen molar-refractivity contribution in [1.29, 1.82) is 0 Å². The van der Waals surface area contributed by atoms with E-state index < -0.39 is 7.32 Å². The molecule has 0 saturated heterocycles. The summed E-state index contributed by atoms with van der Waals surface area (Å²) < 4.78 is 0. The molecule has 0 amide bonds. The minimum atomic E-state index is -2.17. The monoisotopic (exact) mass is 261 g/mol. The summed E-state index contributed by atoms with van der Waals surface area (Å²) >= 11 is 0. The summed E-state index contributed by atoms with van der Waals surface area (Å²) in [6, 6.07) is 17.8. The lowest BCUT2D eigenvalue weighted by atomic mass is 10.1. The fourth-order valence-corrected chi connectivity index (χ4v) is 1.12. The zero-order valence-corrected chi connectivity index (χ0v) is 11.2. The van der Waals surface area contributed by atoms with E-state index in [2.05, 4.69) is 38.1 Å². The highest BCUT2D eigenvalue weighted by atomic mass is 16.5. The van der Waals surface area contributed by atoms with Gasteiger partial charge in [-0.05, 0) is 37.1 Å². The Morgan fingerprint density at radius 2 is 1.05 bits per heavy atom. The van der Waals surface area contributed by atoms with Gasteiger partial charge in [0.05, 0.1) is 0 Å². The van der Waals surface area contributed by atoms with E-state index in [0.29, 0.717) is 0 Å². The van der Waals surface area contributed by atoms with E-state index in [9.17, 15) is 0 Å². The van der Waals surface area contributed by atoms with E-state index in [-0.39, 0.29) is 0 Å². The molecule has 19 heavy (non-hydrogen) atoms. The van der Waals surface area contributed by atoms with Crippen LogP contribution in [-0.2, 0) is 0 Å². The van der Waals surface area contributed by atoms with Crippen LogP contribution in [0, 0.1) is 13.8 Å². The highest BCUT2D eigenvalue weighted by molar-refractivity contribution is 6.30. The molecule has 0 radical (unpaired) electrons. The maximum atomic E-state index is 7.17. The van der Waals surface area contributed by atoms with Crippen molar-refractivity contribution in [3.63, 3.8) is 0 Å². The first-order valence-corrected chi connectivity index (χ1v) is 5.80. The molecular weight excluding hydrogens is 241 g/mol. The van der Waals surface area contributed by atoms with Gasteiger partial charge in [-0.15, -0.1) is 0 Å². The van der Waals surface area contributed by atoms with E-state index in [0.717, 1.165) is 5.69 Å². The van der Waals surface area contributed by atoms with Crippen LogP contribution in [0.1, 0.15) is 11.1 Å². The smallest absolute Gasteiger partial charge is 0.402 e. The van der Waals surface area contributed by atoms with Crippen molar-refractivity contribution in [3.8, 4) is 0 Å². The minimum absolute atomic E-state index is 0.822. The lowest BCUT2D eigenvalue weighted by molar-refractivity contribution is 0.278. The van der Waals surface area contributed by atoms with Crippen molar-refractivity contribution in [2.24, 2.45) is 0 Å². The Labute approximate surface area is 114 Å². The first-order valence-electron chi connectivity index (χ1n) is 5.80. The van der Waals surface area contributed by atoms with Crippen LogP contribution < -0.4 is 5.73 Å². The van der Waals surface area contributed by atoms with Crippen molar-refractivity contribution < 1.29 is 15.1 Å². The Hall–Kier alpha value is -1.82. The summed E-state index contributed by atoms with van der Waals surface area (Å²) in [5, 5.41) is 21.5. The average Bonchev–Trinajstić information content (AvgIpc) is 2.34. The lowest BCUT2D eigenvalue weighted by Crippen LogP contribution is -2.07. The maximum Gasteiger partial charge on any atom is 0.631 e. The summed E-state index contributed by atoms with van der Waals surface area (Å²) in [5.74, 6) is 0. The maximum absolute atomic E-state index is 7.17. The molecule has 4 nitrogen and oxygen atoms in total. The Kier molecular flexibility index (Phi) is 9.17. The molecule has 0 heterocycles. The molecule has 2 aromatic carbocycles. The normalized spacial score (nSPS) is 8.47. The molecule has 0 atom stereocenters. The van der Waals surface area contributed by atoms with E-state index >= 15 is 0 Å². The summed E-state index contributed by atoms with van der Waals surface area (Å²) in [6.07, 6.45) is 0. The van der Waals surface area contributed by atoms with Gasteiger partial charge < -0.3 is 20.8 Å². The van der Waals surface area contributed by atoms with Gasteiger partial charge >= 0.3 is 7.32 Å². The number of hydrogen-bond donors (Lipinski definition) is 4. The summed E-state index contributed by atoms with van der Waals surface area (Å²) in [6.45, 7) is 4.24. The van der Waals surface area contributed by atoms with Crippen LogP contribution in [0.5, 0.6) is 0 Å². The first-order chi connectivity index (χ1) is 8.93. The molecule has 0 unspecified atom stereocenters. The van der Waals surface area contributed by atoms with E-state index in [4.69, 9.17) is 20.8 Å². The highest BCUT2D eigenvalue weighted by Gasteiger charge is 1.92. The molecule has 0 aliphatic carbocycles. The second-order valence-electron chi connectivity index (χ2n) is 3.84. The van der Waals surface area contributed by atoms with Crippen LogP contribution in [-0.4, -0.2) is 22.4 Å². The van der Waals surface area contributed by atoms with E-state index in [1.54, 1.807) is 0 Å². The third-order valence-electron chi connectivity index (χ3n) is 2.23. The zero-order chi connectivity index (χ0) is 14.7. The quantitative estimate of drug-likeness (QED) is 0.428. The van der Waals surface area contributed by atoms with Crippen LogP contribution in [0.3, 0.4) is 0 Å². The van der Waals surface area contributed by atoms with Gasteiger partial charge in [0.1, 0.15) is 0 Å². The van der Waals surface area contributed by atoms with Crippen molar-refractivity contribution in [2.45, 2.75) is 13.8 Å².